The van der Waals surface area contributed by atoms with E-state index < -0.39 is 0 Å². The maximum absolute atomic E-state index is 11.2. The molecule has 1 saturated heterocycles. The van der Waals surface area contributed by atoms with Crippen molar-refractivity contribution in [2.24, 2.45) is 4.99 Å². The van der Waals surface area contributed by atoms with Crippen molar-refractivity contribution in [3.63, 3.8) is 0 Å². The van der Waals surface area contributed by atoms with Crippen molar-refractivity contribution in [3.8, 4) is 0 Å². The number of carbonyl (C=O) groups is 1. The SMILES string of the molecule is C/C=C(\N=C(NC=O)N1CCOC(c2ccc(NC)cc2)C1)c1ccncn1. The molecule has 0 spiro atoms. The molecule has 8 heteroatoms. The van der Waals surface area contributed by atoms with Crippen LogP contribution in [-0.2, 0) is 9.53 Å². The van der Waals surface area contributed by atoms with Crippen molar-refractivity contribution in [2.45, 2.75) is 13.0 Å². The molecule has 0 radical (unpaired) electrons. The van der Waals surface area contributed by atoms with Crippen LogP contribution in [0.2, 0.25) is 0 Å². The summed E-state index contributed by atoms with van der Waals surface area (Å²) in [4.78, 5) is 26.0. The summed E-state index contributed by atoms with van der Waals surface area (Å²) in [6.45, 7) is 3.63. The van der Waals surface area contributed by atoms with Gasteiger partial charge in [0.05, 0.1) is 24.5 Å². The average molecular weight is 380 g/mol. The molecule has 3 rings (SSSR count). The third kappa shape index (κ3) is 4.72. The lowest BCUT2D eigenvalue weighted by Crippen LogP contribution is -2.47. The van der Waals surface area contributed by atoms with Gasteiger partial charge in [0.2, 0.25) is 12.4 Å². The fourth-order valence-corrected chi connectivity index (χ4v) is 2.98. The van der Waals surface area contributed by atoms with E-state index in [2.05, 4.69) is 25.6 Å². The van der Waals surface area contributed by atoms with Gasteiger partial charge in [-0.2, -0.15) is 0 Å². The van der Waals surface area contributed by atoms with Crippen molar-refractivity contribution < 1.29 is 9.53 Å². The predicted molar refractivity (Wildman–Crippen MR) is 109 cm³/mol. The number of carbonyl (C=O) groups excluding carboxylic acids is 1. The maximum Gasteiger partial charge on any atom is 0.213 e. The Labute approximate surface area is 164 Å². The van der Waals surface area contributed by atoms with Crippen molar-refractivity contribution in [1.29, 1.82) is 0 Å². The number of ether oxygens (including phenoxy) is 1. The minimum atomic E-state index is -0.105. The van der Waals surface area contributed by atoms with Gasteiger partial charge in [-0.15, -0.1) is 0 Å². The summed E-state index contributed by atoms with van der Waals surface area (Å²) in [6.07, 6.45) is 5.52. The Hall–Kier alpha value is -3.26. The van der Waals surface area contributed by atoms with Crippen LogP contribution < -0.4 is 10.6 Å². The molecule has 1 atom stereocenters. The zero-order chi connectivity index (χ0) is 19.8. The fraction of sp³-hybridized carbons (Fsp3) is 0.300. The van der Waals surface area contributed by atoms with E-state index in [1.807, 2.05) is 49.2 Å². The number of allylic oxidation sites excluding steroid dienone is 1. The summed E-state index contributed by atoms with van der Waals surface area (Å²) in [6, 6.07) is 9.90. The summed E-state index contributed by atoms with van der Waals surface area (Å²) in [5.41, 5.74) is 3.48. The molecule has 0 bridgehead atoms. The molecular formula is C20H24N6O2. The van der Waals surface area contributed by atoms with Gasteiger partial charge in [-0.25, -0.2) is 15.0 Å². The van der Waals surface area contributed by atoms with E-state index in [4.69, 9.17) is 4.74 Å². The smallest absolute Gasteiger partial charge is 0.213 e. The van der Waals surface area contributed by atoms with Crippen LogP contribution in [0, 0.1) is 0 Å². The van der Waals surface area contributed by atoms with Gasteiger partial charge in [0.25, 0.3) is 0 Å². The third-order valence-electron chi connectivity index (χ3n) is 4.47. The monoisotopic (exact) mass is 380 g/mol. The maximum atomic E-state index is 11.2. The molecule has 1 aliphatic rings. The van der Waals surface area contributed by atoms with Crippen molar-refractivity contribution >= 4 is 23.8 Å². The number of guanidine groups is 1. The first-order chi connectivity index (χ1) is 13.7. The number of aromatic nitrogens is 2. The molecule has 28 heavy (non-hydrogen) atoms. The molecule has 1 fully saturated rings. The van der Waals surface area contributed by atoms with Gasteiger partial charge in [-0.1, -0.05) is 18.2 Å². The molecule has 8 nitrogen and oxygen atoms in total. The molecule has 1 aliphatic heterocycles. The van der Waals surface area contributed by atoms with Crippen LogP contribution in [0.3, 0.4) is 0 Å². The summed E-state index contributed by atoms with van der Waals surface area (Å²) >= 11 is 0. The van der Waals surface area contributed by atoms with E-state index in [-0.39, 0.29) is 6.10 Å². The molecule has 0 saturated carbocycles. The Morgan fingerprint density at radius 3 is 2.79 bits per heavy atom. The van der Waals surface area contributed by atoms with Crippen molar-refractivity contribution in [3.05, 3.63) is 60.2 Å². The largest absolute Gasteiger partial charge is 0.388 e. The quantitative estimate of drug-likeness (QED) is 0.469. The second-order valence-electron chi connectivity index (χ2n) is 6.14. The first-order valence-electron chi connectivity index (χ1n) is 9.11. The Balaban J connectivity index is 1.81. The molecule has 2 aromatic rings. The normalized spacial score (nSPS) is 17.9. The molecule has 2 N–H and O–H groups in total. The van der Waals surface area contributed by atoms with Crippen LogP contribution in [0.4, 0.5) is 5.69 Å². The third-order valence-corrected chi connectivity index (χ3v) is 4.47. The Bertz CT molecular complexity index is 836. The fourth-order valence-electron chi connectivity index (χ4n) is 2.98. The number of morpholine rings is 1. The first kappa shape index (κ1) is 19.5. The number of benzene rings is 1. The van der Waals surface area contributed by atoms with Crippen LogP contribution in [0.1, 0.15) is 24.3 Å². The van der Waals surface area contributed by atoms with Gasteiger partial charge < -0.3 is 15.0 Å². The number of anilines is 1. The van der Waals surface area contributed by atoms with Gasteiger partial charge >= 0.3 is 0 Å². The van der Waals surface area contributed by atoms with E-state index in [9.17, 15) is 4.79 Å². The number of hydrogen-bond donors (Lipinski definition) is 2. The minimum Gasteiger partial charge on any atom is -0.388 e. The summed E-state index contributed by atoms with van der Waals surface area (Å²) in [5, 5.41) is 5.83. The summed E-state index contributed by atoms with van der Waals surface area (Å²) < 4.78 is 5.94. The molecule has 146 valence electrons. The minimum absolute atomic E-state index is 0.105. The molecule has 2 heterocycles. The second-order valence-corrected chi connectivity index (χ2v) is 6.14. The molecule has 1 unspecified atom stereocenters. The highest BCUT2D eigenvalue weighted by Gasteiger charge is 2.24. The van der Waals surface area contributed by atoms with Crippen LogP contribution in [-0.4, -0.2) is 54.0 Å². The molecule has 0 aliphatic carbocycles. The lowest BCUT2D eigenvalue weighted by atomic mass is 10.1. The van der Waals surface area contributed by atoms with Crippen molar-refractivity contribution in [2.75, 3.05) is 32.1 Å². The number of rotatable bonds is 5. The van der Waals surface area contributed by atoms with Gasteiger partial charge in [0.15, 0.2) is 0 Å². The summed E-state index contributed by atoms with van der Waals surface area (Å²) in [5.74, 6) is 0.474. The van der Waals surface area contributed by atoms with Gasteiger partial charge in [-0.05, 0) is 30.7 Å². The second kappa shape index (κ2) is 9.61. The highest BCUT2D eigenvalue weighted by atomic mass is 16.5. The average Bonchev–Trinajstić information content (AvgIpc) is 2.77. The molecule has 1 aromatic heterocycles. The molecular weight excluding hydrogens is 356 g/mol. The van der Waals surface area contributed by atoms with E-state index in [0.29, 0.717) is 43.5 Å². The highest BCUT2D eigenvalue weighted by Crippen LogP contribution is 2.24. The Kier molecular flexibility index (Phi) is 6.69. The van der Waals surface area contributed by atoms with Crippen LogP contribution >= 0.6 is 0 Å². The number of nitrogens with zero attached hydrogens (tertiary/aromatic N) is 4. The number of aliphatic imine (C=N–C) groups is 1. The van der Waals surface area contributed by atoms with E-state index >= 15 is 0 Å². The standard InChI is InChI=1S/C20H24N6O2/c1-3-17(18-8-9-22-13-23-18)25-20(24-14-27)26-10-11-28-19(12-26)15-4-6-16(21-2)7-5-15/h3-9,13-14,19,21H,10-12H2,1-2H3,(H,24,25,27)/b17-3-. The van der Waals surface area contributed by atoms with Crippen LogP contribution in [0.5, 0.6) is 0 Å². The van der Waals surface area contributed by atoms with Crippen LogP contribution in [0.15, 0.2) is 53.9 Å². The molecule has 1 aromatic carbocycles. The number of hydrogen-bond acceptors (Lipinski definition) is 6. The zero-order valence-corrected chi connectivity index (χ0v) is 16.0. The highest BCUT2D eigenvalue weighted by molar-refractivity contribution is 5.92. The lowest BCUT2D eigenvalue weighted by Gasteiger charge is -2.34. The van der Waals surface area contributed by atoms with E-state index in [1.54, 1.807) is 12.3 Å². The lowest BCUT2D eigenvalue weighted by molar-refractivity contribution is -0.108. The topological polar surface area (TPSA) is 91.7 Å². The van der Waals surface area contributed by atoms with Gasteiger partial charge in [-0.3, -0.25) is 10.1 Å². The van der Waals surface area contributed by atoms with E-state index in [1.165, 1.54) is 6.33 Å². The van der Waals surface area contributed by atoms with Crippen molar-refractivity contribution in [1.82, 2.24) is 20.2 Å². The zero-order valence-electron chi connectivity index (χ0n) is 16.0. The Morgan fingerprint density at radius 2 is 2.14 bits per heavy atom. The van der Waals surface area contributed by atoms with Gasteiger partial charge in [0, 0.05) is 25.5 Å². The van der Waals surface area contributed by atoms with Crippen LogP contribution in [0.25, 0.3) is 5.70 Å². The molecule has 1 amide bonds. The van der Waals surface area contributed by atoms with E-state index in [0.717, 1.165) is 11.3 Å². The predicted octanol–water partition coefficient (Wildman–Crippen LogP) is 2.05. The number of amides is 1. The number of nitrogens with one attached hydrogen (secondary N) is 2. The summed E-state index contributed by atoms with van der Waals surface area (Å²) in [7, 11) is 1.89. The first-order valence-corrected chi connectivity index (χ1v) is 9.11. The Morgan fingerprint density at radius 1 is 1.32 bits per heavy atom. The van der Waals surface area contributed by atoms with Gasteiger partial charge in [0.1, 0.15) is 12.4 Å².